The molecule has 1 aromatic heterocycles. The van der Waals surface area contributed by atoms with Crippen LogP contribution in [0.5, 0.6) is 5.75 Å². The molecule has 1 heterocycles. The third-order valence-electron chi connectivity index (χ3n) is 5.25. The van der Waals surface area contributed by atoms with Gasteiger partial charge in [0.2, 0.25) is 17.6 Å². The predicted molar refractivity (Wildman–Crippen MR) is 105 cm³/mol. The average molecular weight is 377 g/mol. The Balaban J connectivity index is 1.28. The third kappa shape index (κ3) is 4.06. The van der Waals surface area contributed by atoms with Crippen molar-refractivity contribution >= 4 is 5.91 Å². The molecule has 6 heteroatoms. The Bertz CT molecular complexity index is 931. The molecule has 1 saturated carbocycles. The molecular formula is C22H23N3O3. The van der Waals surface area contributed by atoms with Crippen molar-refractivity contribution in [1.29, 1.82) is 0 Å². The third-order valence-corrected chi connectivity index (χ3v) is 5.25. The molecule has 0 atom stereocenters. The average Bonchev–Trinajstić information content (AvgIpc) is 3.40. The van der Waals surface area contributed by atoms with E-state index >= 15 is 0 Å². The second-order valence-corrected chi connectivity index (χ2v) is 7.16. The maximum atomic E-state index is 12.3. The molecule has 0 spiro atoms. The predicted octanol–water partition coefficient (Wildman–Crippen LogP) is 3.53. The van der Waals surface area contributed by atoms with Crippen LogP contribution < -0.4 is 10.1 Å². The fourth-order valence-corrected chi connectivity index (χ4v) is 3.30. The summed E-state index contributed by atoms with van der Waals surface area (Å²) in [6.45, 7) is 0.677. The zero-order valence-electron chi connectivity index (χ0n) is 15.9. The summed E-state index contributed by atoms with van der Waals surface area (Å²) < 4.78 is 10.4. The Kier molecular flexibility index (Phi) is 5.10. The number of carbonyl (C=O) groups excluding carboxylic acids is 1. The SMILES string of the molecule is COc1ccc(-c2noc(CCC(=O)NCC3(c4ccccc4)CC3)n2)cc1. The minimum atomic E-state index is 0.00593. The van der Waals surface area contributed by atoms with Crippen molar-refractivity contribution in [2.75, 3.05) is 13.7 Å². The fourth-order valence-electron chi connectivity index (χ4n) is 3.30. The van der Waals surface area contributed by atoms with Crippen LogP contribution >= 0.6 is 0 Å². The molecule has 1 aliphatic carbocycles. The van der Waals surface area contributed by atoms with Gasteiger partial charge < -0.3 is 14.6 Å². The Morgan fingerprint density at radius 2 is 1.89 bits per heavy atom. The minimum absolute atomic E-state index is 0.00593. The molecule has 0 bridgehead atoms. The molecule has 3 aromatic rings. The molecule has 28 heavy (non-hydrogen) atoms. The van der Waals surface area contributed by atoms with Gasteiger partial charge in [0.1, 0.15) is 5.75 Å². The number of benzene rings is 2. The number of rotatable bonds is 8. The van der Waals surface area contributed by atoms with Gasteiger partial charge in [-0.25, -0.2) is 0 Å². The number of amides is 1. The Morgan fingerprint density at radius 1 is 1.14 bits per heavy atom. The van der Waals surface area contributed by atoms with Crippen LogP contribution in [0.3, 0.4) is 0 Å². The highest BCUT2D eigenvalue weighted by Crippen LogP contribution is 2.47. The molecular weight excluding hydrogens is 354 g/mol. The molecule has 144 valence electrons. The van der Waals surface area contributed by atoms with Crippen LogP contribution in [-0.2, 0) is 16.6 Å². The van der Waals surface area contributed by atoms with Crippen LogP contribution in [0.25, 0.3) is 11.4 Å². The van der Waals surface area contributed by atoms with Crippen molar-refractivity contribution in [3.63, 3.8) is 0 Å². The van der Waals surface area contributed by atoms with E-state index in [4.69, 9.17) is 9.26 Å². The molecule has 0 unspecified atom stereocenters. The van der Waals surface area contributed by atoms with Crippen molar-refractivity contribution < 1.29 is 14.1 Å². The lowest BCUT2D eigenvalue weighted by Crippen LogP contribution is -2.32. The number of ether oxygens (including phenoxy) is 1. The number of nitrogens with one attached hydrogen (secondary N) is 1. The van der Waals surface area contributed by atoms with Crippen molar-refractivity contribution in [3.8, 4) is 17.1 Å². The summed E-state index contributed by atoms with van der Waals surface area (Å²) in [4.78, 5) is 16.6. The van der Waals surface area contributed by atoms with Gasteiger partial charge in [-0.3, -0.25) is 4.79 Å². The first kappa shape index (κ1) is 18.2. The Hall–Kier alpha value is -3.15. The first-order chi connectivity index (χ1) is 13.7. The number of methoxy groups -OCH3 is 1. The van der Waals surface area contributed by atoms with Gasteiger partial charge in [0, 0.05) is 30.4 Å². The molecule has 0 radical (unpaired) electrons. The molecule has 2 aromatic carbocycles. The van der Waals surface area contributed by atoms with E-state index in [1.165, 1.54) is 5.56 Å². The minimum Gasteiger partial charge on any atom is -0.497 e. The molecule has 0 saturated heterocycles. The van der Waals surface area contributed by atoms with Crippen LogP contribution in [0.1, 0.15) is 30.7 Å². The summed E-state index contributed by atoms with van der Waals surface area (Å²) in [5, 5.41) is 7.06. The highest BCUT2D eigenvalue weighted by Gasteiger charge is 2.44. The monoisotopic (exact) mass is 377 g/mol. The first-order valence-corrected chi connectivity index (χ1v) is 9.48. The van der Waals surface area contributed by atoms with Gasteiger partial charge in [-0.15, -0.1) is 0 Å². The van der Waals surface area contributed by atoms with Crippen LogP contribution in [0.4, 0.5) is 0 Å². The number of nitrogens with zero attached hydrogens (tertiary/aromatic N) is 2. The highest BCUT2D eigenvalue weighted by molar-refractivity contribution is 5.76. The molecule has 1 N–H and O–H groups in total. The van der Waals surface area contributed by atoms with Gasteiger partial charge in [-0.1, -0.05) is 35.5 Å². The summed E-state index contributed by atoms with van der Waals surface area (Å²) in [6, 6.07) is 17.8. The second-order valence-electron chi connectivity index (χ2n) is 7.16. The van der Waals surface area contributed by atoms with Crippen molar-refractivity contribution in [1.82, 2.24) is 15.5 Å². The molecule has 1 aliphatic rings. The second kappa shape index (κ2) is 7.84. The van der Waals surface area contributed by atoms with E-state index in [-0.39, 0.29) is 11.3 Å². The van der Waals surface area contributed by atoms with Crippen LogP contribution in [0, 0.1) is 0 Å². The van der Waals surface area contributed by atoms with Gasteiger partial charge in [0.15, 0.2) is 0 Å². The number of carbonyl (C=O) groups is 1. The van der Waals surface area contributed by atoms with Gasteiger partial charge >= 0.3 is 0 Å². The molecule has 1 fully saturated rings. The summed E-state index contributed by atoms with van der Waals surface area (Å²) >= 11 is 0. The number of aromatic nitrogens is 2. The van der Waals surface area contributed by atoms with Gasteiger partial charge in [0.05, 0.1) is 7.11 Å². The summed E-state index contributed by atoms with van der Waals surface area (Å²) in [7, 11) is 1.62. The molecule has 4 rings (SSSR count). The summed E-state index contributed by atoms with van der Waals surface area (Å²) in [6.07, 6.45) is 2.99. The van der Waals surface area contributed by atoms with Crippen LogP contribution in [0.15, 0.2) is 59.1 Å². The lowest BCUT2D eigenvalue weighted by Gasteiger charge is -2.16. The zero-order valence-corrected chi connectivity index (χ0v) is 15.9. The van der Waals surface area contributed by atoms with E-state index in [0.29, 0.717) is 31.1 Å². The van der Waals surface area contributed by atoms with Crippen molar-refractivity contribution in [2.24, 2.45) is 0 Å². The number of hydrogen-bond donors (Lipinski definition) is 1. The van der Waals surface area contributed by atoms with E-state index in [9.17, 15) is 4.79 Å². The standard InChI is InChI=1S/C22H23N3O3/c1-27-18-9-7-16(8-10-18)21-24-20(28-25-21)12-11-19(26)23-15-22(13-14-22)17-5-3-2-4-6-17/h2-10H,11-15H2,1H3,(H,23,26). The van der Waals surface area contributed by atoms with Gasteiger partial charge in [-0.05, 0) is 42.7 Å². The normalized spacial score (nSPS) is 14.5. The van der Waals surface area contributed by atoms with E-state index in [0.717, 1.165) is 24.2 Å². The van der Waals surface area contributed by atoms with Crippen LogP contribution in [-0.4, -0.2) is 29.7 Å². The summed E-state index contributed by atoms with van der Waals surface area (Å²) in [5.74, 6) is 1.75. The number of hydrogen-bond acceptors (Lipinski definition) is 5. The fraction of sp³-hybridized carbons (Fsp3) is 0.318. The molecule has 1 amide bonds. The van der Waals surface area contributed by atoms with E-state index in [1.807, 2.05) is 42.5 Å². The lowest BCUT2D eigenvalue weighted by molar-refractivity contribution is -0.121. The smallest absolute Gasteiger partial charge is 0.227 e. The van der Waals surface area contributed by atoms with Crippen molar-refractivity contribution in [3.05, 3.63) is 66.1 Å². The summed E-state index contributed by atoms with van der Waals surface area (Å²) in [5.41, 5.74) is 2.26. The topological polar surface area (TPSA) is 77.2 Å². The van der Waals surface area contributed by atoms with Gasteiger partial charge in [-0.2, -0.15) is 4.98 Å². The van der Waals surface area contributed by atoms with Crippen LogP contribution in [0.2, 0.25) is 0 Å². The maximum Gasteiger partial charge on any atom is 0.227 e. The largest absolute Gasteiger partial charge is 0.497 e. The van der Waals surface area contributed by atoms with Crippen molar-refractivity contribution in [2.45, 2.75) is 31.1 Å². The zero-order chi connectivity index (χ0) is 19.4. The van der Waals surface area contributed by atoms with Gasteiger partial charge in [0.25, 0.3) is 0 Å². The molecule has 0 aliphatic heterocycles. The Morgan fingerprint density at radius 3 is 2.57 bits per heavy atom. The quantitative estimate of drug-likeness (QED) is 0.650. The van der Waals surface area contributed by atoms with E-state index in [1.54, 1.807) is 7.11 Å². The van der Waals surface area contributed by atoms with E-state index < -0.39 is 0 Å². The maximum absolute atomic E-state index is 12.3. The van der Waals surface area contributed by atoms with E-state index in [2.05, 4.69) is 27.6 Å². The first-order valence-electron chi connectivity index (χ1n) is 9.48. The lowest BCUT2D eigenvalue weighted by atomic mass is 9.96. The Labute approximate surface area is 163 Å². The highest BCUT2D eigenvalue weighted by atomic mass is 16.5. The molecule has 6 nitrogen and oxygen atoms in total. The number of aryl methyl sites for hydroxylation is 1.